The van der Waals surface area contributed by atoms with E-state index in [4.69, 9.17) is 20.9 Å². The Labute approximate surface area is 117 Å². The lowest BCUT2D eigenvalue weighted by Crippen LogP contribution is -2.13. The largest absolute Gasteiger partial charge is 0.494 e. The van der Waals surface area contributed by atoms with Gasteiger partial charge in [-0.3, -0.25) is 4.79 Å². The van der Waals surface area contributed by atoms with E-state index in [2.05, 4.69) is 0 Å². The van der Waals surface area contributed by atoms with Crippen molar-refractivity contribution in [2.45, 2.75) is 6.92 Å². The molecule has 20 heavy (non-hydrogen) atoms. The van der Waals surface area contributed by atoms with Crippen LogP contribution in [0, 0.1) is 0 Å². The van der Waals surface area contributed by atoms with Gasteiger partial charge in [-0.1, -0.05) is 0 Å². The third kappa shape index (κ3) is 3.20. The zero-order valence-electron chi connectivity index (χ0n) is 11.1. The standard InChI is InChI=1S/C15H16N2O3/c1-2-19-10-3-5-11(6-4-10)20-12-7-8-14(16)13(9-12)15(17)18/h3-9H,2,16H2,1H3,(H2,17,18). The number of carbonyl (C=O) groups excluding carboxylic acids is 1. The first kappa shape index (κ1) is 13.7. The van der Waals surface area contributed by atoms with Crippen molar-refractivity contribution in [2.24, 2.45) is 5.73 Å². The second kappa shape index (κ2) is 5.97. The molecule has 2 aromatic carbocycles. The van der Waals surface area contributed by atoms with Gasteiger partial charge in [0.25, 0.3) is 5.91 Å². The molecule has 1 amide bonds. The summed E-state index contributed by atoms with van der Waals surface area (Å²) in [6.07, 6.45) is 0. The van der Waals surface area contributed by atoms with Crippen molar-refractivity contribution < 1.29 is 14.3 Å². The fourth-order valence-electron chi connectivity index (χ4n) is 1.72. The molecule has 2 aromatic rings. The van der Waals surface area contributed by atoms with E-state index in [1.807, 2.05) is 19.1 Å². The van der Waals surface area contributed by atoms with Crippen LogP contribution in [0.25, 0.3) is 0 Å². The molecule has 0 spiro atoms. The molecule has 104 valence electrons. The predicted molar refractivity (Wildman–Crippen MR) is 77.1 cm³/mol. The number of nitrogens with two attached hydrogens (primary N) is 2. The number of amides is 1. The summed E-state index contributed by atoms with van der Waals surface area (Å²) in [5, 5.41) is 0. The Kier molecular flexibility index (Phi) is 4.10. The van der Waals surface area contributed by atoms with E-state index in [9.17, 15) is 4.79 Å². The van der Waals surface area contributed by atoms with Crippen LogP contribution in [0.1, 0.15) is 17.3 Å². The van der Waals surface area contributed by atoms with E-state index in [1.165, 1.54) is 6.07 Å². The van der Waals surface area contributed by atoms with Gasteiger partial charge >= 0.3 is 0 Å². The van der Waals surface area contributed by atoms with Gasteiger partial charge < -0.3 is 20.9 Å². The van der Waals surface area contributed by atoms with Crippen LogP contribution in [0.15, 0.2) is 42.5 Å². The van der Waals surface area contributed by atoms with Crippen molar-refractivity contribution in [1.29, 1.82) is 0 Å². The van der Waals surface area contributed by atoms with Crippen LogP contribution < -0.4 is 20.9 Å². The highest BCUT2D eigenvalue weighted by Crippen LogP contribution is 2.26. The van der Waals surface area contributed by atoms with E-state index in [-0.39, 0.29) is 5.56 Å². The first-order valence-electron chi connectivity index (χ1n) is 6.20. The van der Waals surface area contributed by atoms with Crippen molar-refractivity contribution in [3.8, 4) is 17.2 Å². The Balaban J connectivity index is 2.17. The third-order valence-electron chi connectivity index (χ3n) is 2.66. The van der Waals surface area contributed by atoms with Crippen molar-refractivity contribution in [2.75, 3.05) is 12.3 Å². The van der Waals surface area contributed by atoms with Gasteiger partial charge in [0.1, 0.15) is 17.2 Å². The van der Waals surface area contributed by atoms with Crippen LogP contribution in [-0.2, 0) is 0 Å². The molecular weight excluding hydrogens is 256 g/mol. The minimum atomic E-state index is -0.584. The number of benzene rings is 2. The van der Waals surface area contributed by atoms with Crippen LogP contribution in [0.5, 0.6) is 17.2 Å². The highest BCUT2D eigenvalue weighted by Gasteiger charge is 2.08. The quantitative estimate of drug-likeness (QED) is 0.819. The number of anilines is 1. The number of carbonyl (C=O) groups is 1. The molecule has 0 radical (unpaired) electrons. The van der Waals surface area contributed by atoms with Gasteiger partial charge in [0.05, 0.1) is 12.2 Å². The van der Waals surface area contributed by atoms with Crippen LogP contribution in [0.4, 0.5) is 5.69 Å². The number of nitrogen functional groups attached to an aromatic ring is 1. The van der Waals surface area contributed by atoms with Gasteiger partial charge in [-0.25, -0.2) is 0 Å². The number of ether oxygens (including phenoxy) is 2. The zero-order valence-corrected chi connectivity index (χ0v) is 11.1. The van der Waals surface area contributed by atoms with E-state index in [0.29, 0.717) is 23.8 Å². The maximum atomic E-state index is 11.2. The fourth-order valence-corrected chi connectivity index (χ4v) is 1.72. The summed E-state index contributed by atoms with van der Waals surface area (Å²) in [6, 6.07) is 12.0. The molecule has 0 aromatic heterocycles. The Hall–Kier alpha value is -2.69. The number of hydrogen-bond acceptors (Lipinski definition) is 4. The van der Waals surface area contributed by atoms with Gasteiger partial charge in [-0.15, -0.1) is 0 Å². The van der Waals surface area contributed by atoms with Gasteiger partial charge in [-0.05, 0) is 49.4 Å². The summed E-state index contributed by atoms with van der Waals surface area (Å²) in [7, 11) is 0. The first-order chi connectivity index (χ1) is 9.60. The van der Waals surface area contributed by atoms with Crippen LogP contribution in [0.2, 0.25) is 0 Å². The Morgan fingerprint density at radius 2 is 1.65 bits per heavy atom. The molecule has 0 saturated carbocycles. The molecule has 4 N–H and O–H groups in total. The summed E-state index contributed by atoms with van der Waals surface area (Å²) in [6.45, 7) is 2.53. The van der Waals surface area contributed by atoms with Gasteiger partial charge in [0.15, 0.2) is 0 Å². The van der Waals surface area contributed by atoms with Crippen LogP contribution >= 0.6 is 0 Å². The highest BCUT2D eigenvalue weighted by molar-refractivity contribution is 5.98. The topological polar surface area (TPSA) is 87.6 Å². The Bertz CT molecular complexity index is 609. The summed E-state index contributed by atoms with van der Waals surface area (Å²) in [5.74, 6) is 1.32. The normalized spacial score (nSPS) is 10.1. The fraction of sp³-hybridized carbons (Fsp3) is 0.133. The van der Waals surface area contributed by atoms with E-state index in [1.54, 1.807) is 24.3 Å². The number of rotatable bonds is 5. The average Bonchev–Trinajstić information content (AvgIpc) is 2.43. The minimum absolute atomic E-state index is 0.244. The SMILES string of the molecule is CCOc1ccc(Oc2ccc(N)c(C(N)=O)c2)cc1. The molecule has 5 heteroatoms. The van der Waals surface area contributed by atoms with Gasteiger partial charge in [0, 0.05) is 5.69 Å². The molecule has 5 nitrogen and oxygen atoms in total. The Morgan fingerprint density at radius 1 is 1.05 bits per heavy atom. The van der Waals surface area contributed by atoms with Crippen molar-refractivity contribution >= 4 is 11.6 Å². The second-order valence-corrected chi connectivity index (χ2v) is 4.12. The summed E-state index contributed by atoms with van der Waals surface area (Å²) in [5.41, 5.74) is 11.5. The molecule has 0 bridgehead atoms. The monoisotopic (exact) mass is 272 g/mol. The molecule has 0 fully saturated rings. The van der Waals surface area contributed by atoms with E-state index < -0.39 is 5.91 Å². The molecule has 2 rings (SSSR count). The number of primary amides is 1. The lowest BCUT2D eigenvalue weighted by Gasteiger charge is -2.09. The molecule has 0 unspecified atom stereocenters. The summed E-state index contributed by atoms with van der Waals surface area (Å²) in [4.78, 5) is 11.2. The van der Waals surface area contributed by atoms with Crippen LogP contribution in [-0.4, -0.2) is 12.5 Å². The minimum Gasteiger partial charge on any atom is -0.494 e. The van der Waals surface area contributed by atoms with Crippen LogP contribution in [0.3, 0.4) is 0 Å². The van der Waals surface area contributed by atoms with Crippen molar-refractivity contribution in [3.05, 3.63) is 48.0 Å². The number of hydrogen-bond donors (Lipinski definition) is 2. The molecule has 0 saturated heterocycles. The highest BCUT2D eigenvalue weighted by atomic mass is 16.5. The maximum Gasteiger partial charge on any atom is 0.250 e. The molecule has 0 atom stereocenters. The smallest absolute Gasteiger partial charge is 0.250 e. The van der Waals surface area contributed by atoms with Crippen molar-refractivity contribution in [3.63, 3.8) is 0 Å². The molecule has 0 heterocycles. The van der Waals surface area contributed by atoms with Gasteiger partial charge in [-0.2, -0.15) is 0 Å². The molecule has 0 aliphatic carbocycles. The predicted octanol–water partition coefficient (Wildman–Crippen LogP) is 2.56. The first-order valence-corrected chi connectivity index (χ1v) is 6.20. The summed E-state index contributed by atoms with van der Waals surface area (Å²) >= 11 is 0. The Morgan fingerprint density at radius 3 is 2.25 bits per heavy atom. The average molecular weight is 272 g/mol. The van der Waals surface area contributed by atoms with Crippen molar-refractivity contribution in [1.82, 2.24) is 0 Å². The summed E-state index contributed by atoms with van der Waals surface area (Å²) < 4.78 is 11.0. The molecular formula is C15H16N2O3. The van der Waals surface area contributed by atoms with E-state index >= 15 is 0 Å². The van der Waals surface area contributed by atoms with E-state index in [0.717, 1.165) is 5.75 Å². The van der Waals surface area contributed by atoms with Gasteiger partial charge in [0.2, 0.25) is 0 Å². The third-order valence-corrected chi connectivity index (χ3v) is 2.66. The molecule has 0 aliphatic rings. The lowest BCUT2D eigenvalue weighted by atomic mass is 10.1. The molecule has 0 aliphatic heterocycles. The second-order valence-electron chi connectivity index (χ2n) is 4.12. The maximum absolute atomic E-state index is 11.2. The zero-order chi connectivity index (χ0) is 14.5. The lowest BCUT2D eigenvalue weighted by molar-refractivity contribution is 0.100.